The Bertz CT molecular complexity index is 1100. The van der Waals surface area contributed by atoms with Crippen LogP contribution in [-0.2, 0) is 26.2 Å². The number of amides is 2. The summed E-state index contributed by atoms with van der Waals surface area (Å²) in [6.07, 6.45) is 0.915. The molecule has 11 heteroatoms. The molecule has 1 atom stereocenters. The van der Waals surface area contributed by atoms with Gasteiger partial charge in [0.2, 0.25) is 21.8 Å². The Morgan fingerprint density at radius 2 is 1.84 bits per heavy atom. The Kier molecular flexibility index (Phi) is 8.89. The Morgan fingerprint density at radius 1 is 1.16 bits per heavy atom. The molecule has 0 heterocycles. The minimum absolute atomic E-state index is 0.00371. The highest BCUT2D eigenvalue weighted by Gasteiger charge is 2.30. The number of nitrogens with zero attached hydrogens (tertiary/aromatic N) is 2. The fourth-order valence-electron chi connectivity index (χ4n) is 2.98. The second kappa shape index (κ2) is 11.0. The molecular weight excluding hydrogens is 480 g/mol. The minimum Gasteiger partial charge on any atom is -0.355 e. The lowest BCUT2D eigenvalue weighted by molar-refractivity contribution is -0.139. The molecule has 7 nitrogen and oxygen atoms in total. The first-order valence-corrected chi connectivity index (χ1v) is 12.3. The minimum atomic E-state index is -3.93. The zero-order valence-corrected chi connectivity index (χ0v) is 20.1. The van der Waals surface area contributed by atoms with E-state index in [0.29, 0.717) is 22.2 Å². The summed E-state index contributed by atoms with van der Waals surface area (Å²) < 4.78 is 39.2. The van der Waals surface area contributed by atoms with Crippen molar-refractivity contribution in [1.29, 1.82) is 0 Å². The van der Waals surface area contributed by atoms with E-state index < -0.39 is 40.2 Å². The maximum absolute atomic E-state index is 13.7. The van der Waals surface area contributed by atoms with Gasteiger partial charge in [0.05, 0.1) is 11.9 Å². The molecule has 1 N–H and O–H groups in total. The van der Waals surface area contributed by atoms with Gasteiger partial charge >= 0.3 is 0 Å². The molecule has 0 radical (unpaired) electrons. The number of carbonyl (C=O) groups excluding carboxylic acids is 2. The van der Waals surface area contributed by atoms with Gasteiger partial charge in [-0.15, -0.1) is 0 Å². The fraction of sp³-hybridized carbons (Fsp3) is 0.333. The Hall–Kier alpha value is -2.36. The van der Waals surface area contributed by atoms with Crippen LogP contribution >= 0.6 is 23.2 Å². The van der Waals surface area contributed by atoms with Gasteiger partial charge in [-0.05, 0) is 49.7 Å². The van der Waals surface area contributed by atoms with Crippen LogP contribution < -0.4 is 9.62 Å². The first kappa shape index (κ1) is 25.9. The highest BCUT2D eigenvalue weighted by molar-refractivity contribution is 7.92. The number of rotatable bonds is 9. The van der Waals surface area contributed by atoms with Crippen LogP contribution in [0.3, 0.4) is 0 Å². The van der Waals surface area contributed by atoms with Crippen LogP contribution in [0.4, 0.5) is 10.1 Å². The normalized spacial score (nSPS) is 12.2. The van der Waals surface area contributed by atoms with Crippen molar-refractivity contribution in [2.24, 2.45) is 0 Å². The first-order valence-electron chi connectivity index (χ1n) is 9.68. The third-order valence-corrected chi connectivity index (χ3v) is 6.38. The average molecular weight is 504 g/mol. The average Bonchev–Trinajstić information content (AvgIpc) is 2.70. The summed E-state index contributed by atoms with van der Waals surface area (Å²) in [6.45, 7) is 2.93. The van der Waals surface area contributed by atoms with E-state index in [1.54, 1.807) is 19.1 Å². The van der Waals surface area contributed by atoms with Gasteiger partial charge in [0.25, 0.3) is 0 Å². The second-order valence-electron chi connectivity index (χ2n) is 7.08. The van der Waals surface area contributed by atoms with Crippen LogP contribution in [0.25, 0.3) is 0 Å². The molecule has 0 aromatic heterocycles. The number of benzene rings is 2. The fourth-order valence-corrected chi connectivity index (χ4v) is 4.29. The molecule has 0 aliphatic carbocycles. The van der Waals surface area contributed by atoms with Crippen LogP contribution in [-0.4, -0.2) is 50.5 Å². The van der Waals surface area contributed by atoms with E-state index in [0.717, 1.165) is 22.7 Å². The molecule has 0 bridgehead atoms. The van der Waals surface area contributed by atoms with Gasteiger partial charge in [-0.1, -0.05) is 35.3 Å². The lowest BCUT2D eigenvalue weighted by Gasteiger charge is -2.31. The summed E-state index contributed by atoms with van der Waals surface area (Å²) in [6, 6.07) is 8.70. The van der Waals surface area contributed by atoms with Gasteiger partial charge in [-0.25, -0.2) is 12.8 Å². The van der Waals surface area contributed by atoms with Gasteiger partial charge in [0, 0.05) is 23.1 Å². The lowest BCUT2D eigenvalue weighted by Crippen LogP contribution is -2.51. The van der Waals surface area contributed by atoms with E-state index in [1.807, 2.05) is 0 Å². The molecule has 1 unspecified atom stereocenters. The number of nitrogens with one attached hydrogen (secondary N) is 1. The van der Waals surface area contributed by atoms with Crippen molar-refractivity contribution in [3.63, 3.8) is 0 Å². The standard InChI is InChI=1S/C21H24Cl2FN3O4S/c1-4-25-21(29)14(2)26(12-15-8-9-16(22)10-19(15)23)20(28)13-27(32(3,30)31)18-7-5-6-17(24)11-18/h5-11,14H,4,12-13H2,1-3H3,(H,25,29). The summed E-state index contributed by atoms with van der Waals surface area (Å²) in [4.78, 5) is 27.0. The summed E-state index contributed by atoms with van der Waals surface area (Å²) in [5.41, 5.74) is 0.521. The summed E-state index contributed by atoms with van der Waals surface area (Å²) in [5.74, 6) is -1.73. The number of sulfonamides is 1. The van der Waals surface area contributed by atoms with Gasteiger partial charge in [-0.2, -0.15) is 0 Å². The molecule has 2 aromatic rings. The van der Waals surface area contributed by atoms with Crippen LogP contribution in [0.2, 0.25) is 10.0 Å². The van der Waals surface area contributed by atoms with Crippen LogP contribution in [0.1, 0.15) is 19.4 Å². The first-order chi connectivity index (χ1) is 14.9. The lowest BCUT2D eigenvalue weighted by atomic mass is 10.1. The Morgan fingerprint density at radius 3 is 2.41 bits per heavy atom. The number of anilines is 1. The highest BCUT2D eigenvalue weighted by atomic mass is 35.5. The maximum Gasteiger partial charge on any atom is 0.244 e. The third-order valence-electron chi connectivity index (χ3n) is 4.65. The van der Waals surface area contributed by atoms with Crippen molar-refractivity contribution in [1.82, 2.24) is 10.2 Å². The molecule has 0 aliphatic heterocycles. The summed E-state index contributed by atoms with van der Waals surface area (Å²) >= 11 is 12.2. The molecule has 0 saturated heterocycles. The van der Waals surface area contributed by atoms with Gasteiger partial charge in [0.1, 0.15) is 18.4 Å². The quantitative estimate of drug-likeness (QED) is 0.567. The van der Waals surface area contributed by atoms with Crippen LogP contribution in [0, 0.1) is 5.82 Å². The predicted octanol–water partition coefficient (Wildman–Crippen LogP) is 3.45. The van der Waals surface area contributed by atoms with Gasteiger partial charge in [0.15, 0.2) is 0 Å². The van der Waals surface area contributed by atoms with E-state index in [2.05, 4.69) is 5.32 Å². The maximum atomic E-state index is 13.7. The van der Waals surface area contributed by atoms with Crippen LogP contribution in [0.5, 0.6) is 0 Å². The molecular formula is C21H24Cl2FN3O4S. The zero-order chi connectivity index (χ0) is 24.1. The second-order valence-corrected chi connectivity index (χ2v) is 9.83. The molecule has 0 aliphatic rings. The zero-order valence-electron chi connectivity index (χ0n) is 17.8. The van der Waals surface area contributed by atoms with Crippen LogP contribution in [0.15, 0.2) is 42.5 Å². The topological polar surface area (TPSA) is 86.8 Å². The smallest absolute Gasteiger partial charge is 0.244 e. The van der Waals surface area contributed by atoms with Gasteiger partial charge in [-0.3, -0.25) is 13.9 Å². The number of hydrogen-bond donors (Lipinski definition) is 1. The third kappa shape index (κ3) is 6.82. The molecule has 32 heavy (non-hydrogen) atoms. The van der Waals surface area contributed by atoms with Crippen molar-refractivity contribution in [2.45, 2.75) is 26.4 Å². The van der Waals surface area contributed by atoms with Crippen molar-refractivity contribution >= 4 is 50.7 Å². The van der Waals surface area contributed by atoms with Crippen molar-refractivity contribution in [3.05, 3.63) is 63.9 Å². The molecule has 2 rings (SSSR count). The number of likely N-dealkylation sites (N-methyl/N-ethyl adjacent to an activating group) is 1. The molecule has 0 spiro atoms. The summed E-state index contributed by atoms with van der Waals surface area (Å²) in [7, 11) is -3.93. The highest BCUT2D eigenvalue weighted by Crippen LogP contribution is 2.24. The van der Waals surface area contributed by atoms with Crippen molar-refractivity contribution in [3.8, 4) is 0 Å². The molecule has 0 saturated carbocycles. The van der Waals surface area contributed by atoms with Crippen molar-refractivity contribution in [2.75, 3.05) is 23.7 Å². The number of halogens is 3. The SMILES string of the molecule is CCNC(=O)C(C)N(Cc1ccc(Cl)cc1Cl)C(=O)CN(c1cccc(F)c1)S(C)(=O)=O. The van der Waals surface area contributed by atoms with E-state index in [4.69, 9.17) is 23.2 Å². The largest absolute Gasteiger partial charge is 0.355 e. The molecule has 2 amide bonds. The van der Waals surface area contributed by atoms with Crippen molar-refractivity contribution < 1.29 is 22.4 Å². The monoisotopic (exact) mass is 503 g/mol. The number of hydrogen-bond acceptors (Lipinski definition) is 4. The molecule has 174 valence electrons. The van der Waals surface area contributed by atoms with E-state index in [1.165, 1.54) is 30.0 Å². The predicted molar refractivity (Wildman–Crippen MR) is 124 cm³/mol. The number of carbonyl (C=O) groups is 2. The summed E-state index contributed by atoms with van der Waals surface area (Å²) in [5, 5.41) is 3.34. The molecule has 2 aromatic carbocycles. The van der Waals surface area contributed by atoms with E-state index in [9.17, 15) is 22.4 Å². The van der Waals surface area contributed by atoms with E-state index in [-0.39, 0.29) is 12.2 Å². The van der Waals surface area contributed by atoms with Gasteiger partial charge < -0.3 is 10.2 Å². The Labute approximate surface area is 197 Å². The Balaban J connectivity index is 2.41. The van der Waals surface area contributed by atoms with E-state index >= 15 is 0 Å². The molecule has 0 fully saturated rings.